The van der Waals surface area contributed by atoms with Crippen LogP contribution >= 0.6 is 11.3 Å². The summed E-state index contributed by atoms with van der Waals surface area (Å²) in [7, 11) is 1.62. The number of fused-ring (bicyclic) bond motifs is 3. The number of nitrogens with zero attached hydrogens (tertiary/aromatic N) is 1. The Hall–Kier alpha value is -3.09. The van der Waals surface area contributed by atoms with E-state index in [1.54, 1.807) is 24.5 Å². The number of benzene rings is 2. The van der Waals surface area contributed by atoms with Gasteiger partial charge in [-0.3, -0.25) is 9.69 Å². The van der Waals surface area contributed by atoms with Crippen molar-refractivity contribution in [2.45, 2.75) is 20.0 Å². The molecular weight excluding hydrogens is 398 g/mol. The topological polar surface area (TPSA) is 51.9 Å². The second-order valence-corrected chi connectivity index (χ2v) is 8.38. The van der Waals surface area contributed by atoms with Gasteiger partial charge in [0.05, 0.1) is 23.6 Å². The molecule has 0 bridgehead atoms. The molecule has 1 aliphatic rings. The third kappa shape index (κ3) is 3.28. The molecule has 2 aromatic carbocycles. The molecule has 0 amide bonds. The zero-order valence-corrected chi connectivity index (χ0v) is 17.6. The lowest BCUT2D eigenvalue weighted by molar-refractivity contribution is 0.0899. The van der Waals surface area contributed by atoms with Gasteiger partial charge in [0.15, 0.2) is 0 Å². The first-order valence-electron chi connectivity index (χ1n) is 9.75. The molecule has 0 saturated carbocycles. The second-order valence-electron chi connectivity index (χ2n) is 7.35. The summed E-state index contributed by atoms with van der Waals surface area (Å²) in [6.07, 6.45) is 0. The molecule has 3 heterocycles. The number of ether oxygens (including phenoxy) is 2. The smallest absolute Gasteiger partial charge is 0.200 e. The van der Waals surface area contributed by atoms with Crippen molar-refractivity contribution >= 4 is 22.3 Å². The van der Waals surface area contributed by atoms with E-state index in [4.69, 9.17) is 13.9 Å². The first-order valence-corrected chi connectivity index (χ1v) is 10.6. The van der Waals surface area contributed by atoms with Crippen LogP contribution in [0.5, 0.6) is 11.5 Å². The van der Waals surface area contributed by atoms with Gasteiger partial charge in [0.25, 0.3) is 0 Å². The van der Waals surface area contributed by atoms with Crippen molar-refractivity contribution in [2.24, 2.45) is 0 Å². The molecule has 2 aromatic heterocycles. The largest absolute Gasteiger partial charge is 0.497 e. The van der Waals surface area contributed by atoms with Gasteiger partial charge in [-0.05, 0) is 48.2 Å². The maximum absolute atomic E-state index is 13.4. The van der Waals surface area contributed by atoms with Crippen molar-refractivity contribution in [3.8, 4) is 22.6 Å². The predicted octanol–water partition coefficient (Wildman–Crippen LogP) is 5.19. The Balaban J connectivity index is 1.58. The van der Waals surface area contributed by atoms with Gasteiger partial charge in [0.1, 0.15) is 29.6 Å². The summed E-state index contributed by atoms with van der Waals surface area (Å²) in [6.45, 7) is 3.84. The highest BCUT2D eigenvalue weighted by atomic mass is 32.1. The SMILES string of the molecule is COc1ccc(-c2c(C)oc3c4c(ccc3c2=O)OCN(Cc2cccs2)C4)cc1. The van der Waals surface area contributed by atoms with Gasteiger partial charge in [-0.2, -0.15) is 0 Å². The van der Waals surface area contributed by atoms with Crippen LogP contribution in [0.4, 0.5) is 0 Å². The maximum atomic E-state index is 13.4. The number of methoxy groups -OCH3 is 1. The maximum Gasteiger partial charge on any atom is 0.200 e. The van der Waals surface area contributed by atoms with E-state index >= 15 is 0 Å². The van der Waals surface area contributed by atoms with E-state index < -0.39 is 0 Å². The van der Waals surface area contributed by atoms with E-state index in [1.807, 2.05) is 37.3 Å². The van der Waals surface area contributed by atoms with Crippen molar-refractivity contribution in [3.63, 3.8) is 0 Å². The summed E-state index contributed by atoms with van der Waals surface area (Å²) in [5.41, 5.74) is 2.91. The lowest BCUT2D eigenvalue weighted by Gasteiger charge is -2.29. The van der Waals surface area contributed by atoms with Gasteiger partial charge >= 0.3 is 0 Å². The van der Waals surface area contributed by atoms with E-state index in [0.717, 1.165) is 29.2 Å². The first-order chi connectivity index (χ1) is 14.6. The summed E-state index contributed by atoms with van der Waals surface area (Å²) in [5, 5.41) is 2.65. The molecule has 0 spiro atoms. The number of rotatable bonds is 4. The highest BCUT2D eigenvalue weighted by Gasteiger charge is 2.24. The molecule has 0 unspecified atom stereocenters. The number of thiophene rings is 1. The van der Waals surface area contributed by atoms with Crippen LogP contribution in [0, 0.1) is 6.92 Å². The van der Waals surface area contributed by atoms with E-state index in [0.29, 0.717) is 35.6 Å². The van der Waals surface area contributed by atoms with Crippen LogP contribution in [-0.4, -0.2) is 18.7 Å². The third-order valence-corrected chi connectivity index (χ3v) is 6.28. The molecule has 0 N–H and O–H groups in total. The standard InChI is InChI=1S/C24H21NO4S/c1-15-22(16-5-7-17(27-2)8-6-16)23(26)19-9-10-21-20(24(19)29-15)13-25(14-28-21)12-18-4-3-11-30-18/h3-11H,12-14H2,1-2H3. The molecule has 0 atom stereocenters. The summed E-state index contributed by atoms with van der Waals surface area (Å²) in [6, 6.07) is 15.3. The Morgan fingerprint density at radius 2 is 1.97 bits per heavy atom. The highest BCUT2D eigenvalue weighted by Crippen LogP contribution is 2.34. The van der Waals surface area contributed by atoms with Crippen molar-refractivity contribution in [1.29, 1.82) is 0 Å². The Morgan fingerprint density at radius 3 is 2.70 bits per heavy atom. The molecule has 30 heavy (non-hydrogen) atoms. The predicted molar refractivity (Wildman–Crippen MR) is 118 cm³/mol. The fourth-order valence-corrected chi connectivity index (χ4v) is 4.68. The fourth-order valence-electron chi connectivity index (χ4n) is 3.94. The average molecular weight is 420 g/mol. The number of aryl methyl sites for hydroxylation is 1. The third-order valence-electron chi connectivity index (χ3n) is 5.42. The summed E-state index contributed by atoms with van der Waals surface area (Å²) in [5.74, 6) is 2.13. The van der Waals surface area contributed by atoms with Gasteiger partial charge in [-0.15, -0.1) is 11.3 Å². The Labute approximate surface area is 178 Å². The van der Waals surface area contributed by atoms with Crippen LogP contribution in [-0.2, 0) is 13.1 Å². The molecule has 6 heteroatoms. The molecule has 0 aliphatic carbocycles. The Bertz CT molecular complexity index is 1260. The molecule has 152 valence electrons. The van der Waals surface area contributed by atoms with Crippen molar-refractivity contribution in [2.75, 3.05) is 13.8 Å². The van der Waals surface area contributed by atoms with E-state index in [1.165, 1.54) is 4.88 Å². The van der Waals surface area contributed by atoms with Crippen LogP contribution in [0.3, 0.4) is 0 Å². The fraction of sp³-hybridized carbons (Fsp3) is 0.208. The van der Waals surface area contributed by atoms with E-state index in [9.17, 15) is 4.79 Å². The quantitative estimate of drug-likeness (QED) is 0.456. The normalized spacial score (nSPS) is 13.8. The van der Waals surface area contributed by atoms with Crippen LogP contribution in [0.2, 0.25) is 0 Å². The minimum Gasteiger partial charge on any atom is -0.497 e. The molecule has 5 nitrogen and oxygen atoms in total. The minimum atomic E-state index is -0.0305. The molecular formula is C24H21NO4S. The van der Waals surface area contributed by atoms with Crippen LogP contribution in [0.1, 0.15) is 16.2 Å². The van der Waals surface area contributed by atoms with Crippen molar-refractivity contribution < 1.29 is 13.9 Å². The molecule has 0 saturated heterocycles. The number of hydrogen-bond acceptors (Lipinski definition) is 6. The number of hydrogen-bond donors (Lipinski definition) is 0. The van der Waals surface area contributed by atoms with Crippen LogP contribution in [0.15, 0.2) is 63.1 Å². The molecule has 0 fully saturated rings. The van der Waals surface area contributed by atoms with Crippen LogP contribution < -0.4 is 14.9 Å². The van der Waals surface area contributed by atoms with Gasteiger partial charge in [-0.25, -0.2) is 0 Å². The zero-order chi connectivity index (χ0) is 20.7. The van der Waals surface area contributed by atoms with Crippen LogP contribution in [0.25, 0.3) is 22.1 Å². The van der Waals surface area contributed by atoms with E-state index in [-0.39, 0.29) is 5.43 Å². The molecule has 1 aliphatic heterocycles. The average Bonchev–Trinajstić information content (AvgIpc) is 3.27. The van der Waals surface area contributed by atoms with Gasteiger partial charge in [-0.1, -0.05) is 18.2 Å². The lowest BCUT2D eigenvalue weighted by atomic mass is 10.0. The monoisotopic (exact) mass is 419 g/mol. The molecule has 4 aromatic rings. The first kappa shape index (κ1) is 18.9. The Morgan fingerprint density at radius 1 is 1.13 bits per heavy atom. The van der Waals surface area contributed by atoms with Crippen molar-refractivity contribution in [3.05, 3.63) is 80.3 Å². The lowest BCUT2D eigenvalue weighted by Crippen LogP contribution is -2.31. The van der Waals surface area contributed by atoms with Gasteiger partial charge in [0.2, 0.25) is 5.43 Å². The minimum absolute atomic E-state index is 0.0305. The summed E-state index contributed by atoms with van der Waals surface area (Å²) in [4.78, 5) is 16.9. The molecule has 0 radical (unpaired) electrons. The van der Waals surface area contributed by atoms with Crippen molar-refractivity contribution in [1.82, 2.24) is 4.90 Å². The molecule has 5 rings (SSSR count). The second kappa shape index (κ2) is 7.63. The van der Waals surface area contributed by atoms with Gasteiger partial charge in [0, 0.05) is 18.0 Å². The zero-order valence-electron chi connectivity index (χ0n) is 16.8. The van der Waals surface area contributed by atoms with Gasteiger partial charge < -0.3 is 13.9 Å². The summed E-state index contributed by atoms with van der Waals surface area (Å²) >= 11 is 1.73. The summed E-state index contributed by atoms with van der Waals surface area (Å²) < 4.78 is 17.4. The van der Waals surface area contributed by atoms with E-state index in [2.05, 4.69) is 22.4 Å². The Kier molecular flexibility index (Phi) is 4.81. The highest BCUT2D eigenvalue weighted by molar-refractivity contribution is 7.09.